The van der Waals surface area contributed by atoms with Gasteiger partial charge in [0.25, 0.3) is 11.7 Å². The molecule has 1 atom stereocenters. The van der Waals surface area contributed by atoms with Crippen LogP contribution in [0.4, 0.5) is 5.69 Å². The molecule has 6 heteroatoms. The van der Waals surface area contributed by atoms with Gasteiger partial charge in [0, 0.05) is 5.69 Å². The lowest BCUT2D eigenvalue weighted by Gasteiger charge is -2.23. The van der Waals surface area contributed by atoms with Crippen LogP contribution >= 0.6 is 0 Å². The fourth-order valence-electron chi connectivity index (χ4n) is 4.01. The first kappa shape index (κ1) is 21.4. The predicted octanol–water partition coefficient (Wildman–Crippen LogP) is 5.09. The Balaban J connectivity index is 1.95. The van der Waals surface area contributed by atoms with Gasteiger partial charge in [0.05, 0.1) is 18.2 Å². The molecule has 1 unspecified atom stereocenters. The first-order valence-electron chi connectivity index (χ1n) is 10.5. The third-order valence-corrected chi connectivity index (χ3v) is 5.71. The number of ether oxygens (including phenoxy) is 1. The molecule has 1 aliphatic heterocycles. The molecule has 0 saturated carbocycles. The number of carbonyl (C=O) groups is 2. The fraction of sp³-hybridized carbons (Fsp3) is 0.231. The molecule has 164 valence electrons. The Morgan fingerprint density at radius 3 is 2.38 bits per heavy atom. The van der Waals surface area contributed by atoms with E-state index in [4.69, 9.17) is 9.15 Å². The van der Waals surface area contributed by atoms with Crippen LogP contribution in [0.5, 0.6) is 5.75 Å². The number of aryl methyl sites for hydroxylation is 3. The van der Waals surface area contributed by atoms with Crippen molar-refractivity contribution in [3.8, 4) is 5.75 Å². The Morgan fingerprint density at radius 1 is 1.06 bits per heavy atom. The highest BCUT2D eigenvalue weighted by Crippen LogP contribution is 2.43. The largest absolute Gasteiger partial charge is 0.507 e. The molecule has 3 aromatic rings. The zero-order chi connectivity index (χ0) is 23.0. The second-order valence-electron chi connectivity index (χ2n) is 7.84. The number of ketones is 1. The Morgan fingerprint density at radius 2 is 1.78 bits per heavy atom. The van der Waals surface area contributed by atoms with Crippen molar-refractivity contribution in [3.05, 3.63) is 88.4 Å². The van der Waals surface area contributed by atoms with E-state index in [0.717, 1.165) is 17.5 Å². The van der Waals surface area contributed by atoms with Gasteiger partial charge >= 0.3 is 0 Å². The van der Waals surface area contributed by atoms with E-state index in [1.54, 1.807) is 43.3 Å². The van der Waals surface area contributed by atoms with E-state index in [1.807, 2.05) is 32.0 Å². The number of aliphatic hydroxyl groups is 1. The molecule has 1 amide bonds. The van der Waals surface area contributed by atoms with E-state index < -0.39 is 17.7 Å². The lowest BCUT2D eigenvalue weighted by Crippen LogP contribution is -2.29. The van der Waals surface area contributed by atoms with Crippen LogP contribution in [0.3, 0.4) is 0 Å². The van der Waals surface area contributed by atoms with Gasteiger partial charge in [0.1, 0.15) is 29.1 Å². The molecule has 2 aromatic carbocycles. The number of carbonyl (C=O) groups excluding carboxylic acids is 2. The van der Waals surface area contributed by atoms with Crippen molar-refractivity contribution in [1.82, 2.24) is 0 Å². The van der Waals surface area contributed by atoms with E-state index >= 15 is 0 Å². The van der Waals surface area contributed by atoms with Crippen molar-refractivity contribution >= 4 is 23.1 Å². The maximum absolute atomic E-state index is 13.2. The van der Waals surface area contributed by atoms with Crippen LogP contribution in [-0.4, -0.2) is 23.9 Å². The number of Topliss-reactive ketones (excluding diaryl/α,β-unsaturated/α-hetero) is 1. The third-order valence-electron chi connectivity index (χ3n) is 5.71. The number of aliphatic hydroxyl groups excluding tert-OH is 1. The fourth-order valence-corrected chi connectivity index (χ4v) is 4.01. The van der Waals surface area contributed by atoms with Gasteiger partial charge in [-0.05, 0) is 62.2 Å². The Hall–Kier alpha value is -3.80. The third kappa shape index (κ3) is 3.58. The Kier molecular flexibility index (Phi) is 5.61. The zero-order valence-corrected chi connectivity index (χ0v) is 18.5. The van der Waals surface area contributed by atoms with Crippen molar-refractivity contribution in [2.24, 2.45) is 0 Å². The molecular formula is C26H25NO5. The van der Waals surface area contributed by atoms with Crippen LogP contribution in [0, 0.1) is 13.8 Å². The molecule has 1 aromatic heterocycles. The SMILES string of the molecule is CCc1ccc(N2C(=O)C(=O)/C(=C(/O)c3cc(C)ccc3OC)C2c2ccc(C)o2)cc1. The summed E-state index contributed by atoms with van der Waals surface area (Å²) in [5.41, 5.74) is 2.86. The van der Waals surface area contributed by atoms with Crippen molar-refractivity contribution in [1.29, 1.82) is 0 Å². The van der Waals surface area contributed by atoms with Crippen LogP contribution < -0.4 is 9.64 Å². The number of amides is 1. The van der Waals surface area contributed by atoms with E-state index in [1.165, 1.54) is 12.0 Å². The Labute approximate surface area is 186 Å². The van der Waals surface area contributed by atoms with Gasteiger partial charge in [-0.25, -0.2) is 0 Å². The number of rotatable bonds is 5. The van der Waals surface area contributed by atoms with Gasteiger partial charge in [-0.15, -0.1) is 0 Å². The lowest BCUT2D eigenvalue weighted by atomic mass is 9.97. The highest BCUT2D eigenvalue weighted by Gasteiger charge is 2.48. The van der Waals surface area contributed by atoms with Gasteiger partial charge < -0.3 is 14.3 Å². The number of anilines is 1. The summed E-state index contributed by atoms with van der Waals surface area (Å²) >= 11 is 0. The smallest absolute Gasteiger partial charge is 0.300 e. The summed E-state index contributed by atoms with van der Waals surface area (Å²) in [4.78, 5) is 27.8. The van der Waals surface area contributed by atoms with Gasteiger partial charge in [0.15, 0.2) is 0 Å². The molecule has 0 aliphatic carbocycles. The number of nitrogens with zero attached hydrogens (tertiary/aromatic N) is 1. The van der Waals surface area contributed by atoms with E-state index in [9.17, 15) is 14.7 Å². The molecule has 1 fully saturated rings. The Bertz CT molecular complexity index is 1220. The average Bonchev–Trinajstić information content (AvgIpc) is 3.34. The van der Waals surface area contributed by atoms with Gasteiger partial charge in [0.2, 0.25) is 0 Å². The van der Waals surface area contributed by atoms with Crippen molar-refractivity contribution in [2.75, 3.05) is 12.0 Å². The zero-order valence-electron chi connectivity index (χ0n) is 18.5. The van der Waals surface area contributed by atoms with E-state index in [2.05, 4.69) is 0 Å². The topological polar surface area (TPSA) is 80.0 Å². The molecule has 6 nitrogen and oxygen atoms in total. The summed E-state index contributed by atoms with van der Waals surface area (Å²) in [7, 11) is 1.49. The summed E-state index contributed by atoms with van der Waals surface area (Å²) in [6, 6.07) is 15.3. The van der Waals surface area contributed by atoms with Gasteiger partial charge in [-0.3, -0.25) is 14.5 Å². The van der Waals surface area contributed by atoms with Crippen LogP contribution in [0.2, 0.25) is 0 Å². The first-order valence-corrected chi connectivity index (χ1v) is 10.5. The normalized spacial score (nSPS) is 17.8. The number of hydrogen-bond donors (Lipinski definition) is 1. The standard InChI is InChI=1S/C26H25NO5/c1-5-17-8-10-18(11-9-17)27-23(21-13-7-16(3)32-21)22(25(29)26(27)30)24(28)19-14-15(2)6-12-20(19)31-4/h6-14,23,28H,5H2,1-4H3/b24-22+. The van der Waals surface area contributed by atoms with Crippen LogP contribution in [0.15, 0.2) is 64.6 Å². The molecule has 1 aliphatic rings. The summed E-state index contributed by atoms with van der Waals surface area (Å²) in [5.74, 6) is -0.350. The molecule has 1 saturated heterocycles. The molecule has 2 heterocycles. The molecule has 4 rings (SSSR count). The minimum Gasteiger partial charge on any atom is -0.507 e. The van der Waals surface area contributed by atoms with Crippen LogP contribution in [0.25, 0.3) is 5.76 Å². The minimum absolute atomic E-state index is 0.0344. The summed E-state index contributed by atoms with van der Waals surface area (Å²) in [6.45, 7) is 5.70. The quantitative estimate of drug-likeness (QED) is 0.346. The summed E-state index contributed by atoms with van der Waals surface area (Å²) < 4.78 is 11.2. The molecule has 1 N–H and O–H groups in total. The second-order valence-corrected chi connectivity index (χ2v) is 7.84. The summed E-state index contributed by atoms with van der Waals surface area (Å²) in [5, 5.41) is 11.3. The molecular weight excluding hydrogens is 406 g/mol. The molecule has 0 spiro atoms. The second kappa shape index (κ2) is 8.38. The number of hydrogen-bond acceptors (Lipinski definition) is 5. The monoisotopic (exact) mass is 431 g/mol. The van der Waals surface area contributed by atoms with E-state index in [-0.39, 0.29) is 11.3 Å². The molecule has 32 heavy (non-hydrogen) atoms. The summed E-state index contributed by atoms with van der Waals surface area (Å²) in [6.07, 6.45) is 0.854. The number of benzene rings is 2. The van der Waals surface area contributed by atoms with Gasteiger partial charge in [-0.1, -0.05) is 30.7 Å². The number of furan rings is 1. The minimum atomic E-state index is -0.901. The van der Waals surface area contributed by atoms with Crippen LogP contribution in [-0.2, 0) is 16.0 Å². The van der Waals surface area contributed by atoms with Gasteiger partial charge in [-0.2, -0.15) is 0 Å². The number of methoxy groups -OCH3 is 1. The maximum Gasteiger partial charge on any atom is 0.300 e. The highest BCUT2D eigenvalue weighted by atomic mass is 16.5. The average molecular weight is 431 g/mol. The maximum atomic E-state index is 13.2. The van der Waals surface area contributed by atoms with Crippen molar-refractivity contribution < 1.29 is 23.8 Å². The van der Waals surface area contributed by atoms with E-state index in [0.29, 0.717) is 28.5 Å². The predicted molar refractivity (Wildman–Crippen MR) is 122 cm³/mol. The molecule has 0 bridgehead atoms. The molecule has 0 radical (unpaired) electrons. The van der Waals surface area contributed by atoms with Crippen molar-refractivity contribution in [2.45, 2.75) is 33.2 Å². The lowest BCUT2D eigenvalue weighted by molar-refractivity contribution is -0.132. The highest BCUT2D eigenvalue weighted by molar-refractivity contribution is 6.51. The first-order chi connectivity index (χ1) is 15.3. The van der Waals surface area contributed by atoms with Crippen molar-refractivity contribution in [3.63, 3.8) is 0 Å². The van der Waals surface area contributed by atoms with Crippen LogP contribution in [0.1, 0.15) is 41.2 Å².